The Kier molecular flexibility index (Phi) is 6.21. The molecule has 2 unspecified atom stereocenters. The van der Waals surface area contributed by atoms with Crippen LogP contribution in [0.15, 0.2) is 22.8 Å². The molecule has 0 radical (unpaired) electrons. The first-order valence-electron chi connectivity index (χ1n) is 8.21. The van der Waals surface area contributed by atoms with Crippen LogP contribution in [-0.2, 0) is 16.1 Å². The fourth-order valence-corrected chi connectivity index (χ4v) is 2.72. The highest BCUT2D eigenvalue weighted by molar-refractivity contribution is 5.81. The molecule has 1 amide bonds. The van der Waals surface area contributed by atoms with E-state index in [4.69, 9.17) is 9.15 Å². The molecule has 0 aliphatic carbocycles. The third kappa shape index (κ3) is 5.97. The van der Waals surface area contributed by atoms with Gasteiger partial charge in [0.1, 0.15) is 5.76 Å². The molecule has 1 aliphatic rings. The second kappa shape index (κ2) is 7.95. The van der Waals surface area contributed by atoms with Crippen molar-refractivity contribution in [2.24, 2.45) is 0 Å². The SMILES string of the molecule is CC(C)(C)OCC(O)CN1CCCC1C(=O)NCc1ccco1. The van der Waals surface area contributed by atoms with E-state index in [9.17, 15) is 9.90 Å². The van der Waals surface area contributed by atoms with Crippen molar-refractivity contribution in [3.05, 3.63) is 24.2 Å². The quantitative estimate of drug-likeness (QED) is 0.796. The average molecular weight is 324 g/mol. The molecule has 2 rings (SSSR count). The first-order valence-corrected chi connectivity index (χ1v) is 8.21. The van der Waals surface area contributed by atoms with Crippen molar-refractivity contribution < 1.29 is 19.1 Å². The molecule has 0 saturated carbocycles. The largest absolute Gasteiger partial charge is 0.467 e. The summed E-state index contributed by atoms with van der Waals surface area (Å²) in [4.78, 5) is 14.4. The zero-order chi connectivity index (χ0) is 16.9. The number of nitrogens with one attached hydrogen (secondary N) is 1. The van der Waals surface area contributed by atoms with Gasteiger partial charge in [0, 0.05) is 6.54 Å². The predicted octanol–water partition coefficient (Wildman–Crippen LogP) is 1.54. The molecule has 23 heavy (non-hydrogen) atoms. The summed E-state index contributed by atoms with van der Waals surface area (Å²) in [5, 5.41) is 13.0. The van der Waals surface area contributed by atoms with E-state index in [1.54, 1.807) is 12.3 Å². The summed E-state index contributed by atoms with van der Waals surface area (Å²) >= 11 is 0. The molecular formula is C17H28N2O4. The Labute approximate surface area is 137 Å². The van der Waals surface area contributed by atoms with Crippen molar-refractivity contribution >= 4 is 5.91 Å². The normalized spacial score (nSPS) is 20.6. The summed E-state index contributed by atoms with van der Waals surface area (Å²) in [5.41, 5.74) is -0.272. The van der Waals surface area contributed by atoms with Crippen LogP contribution in [-0.4, -0.2) is 53.4 Å². The van der Waals surface area contributed by atoms with Crippen LogP contribution >= 0.6 is 0 Å². The third-order valence-corrected chi connectivity index (χ3v) is 3.84. The van der Waals surface area contributed by atoms with E-state index in [0.717, 1.165) is 25.1 Å². The third-order valence-electron chi connectivity index (χ3n) is 3.84. The molecule has 0 aromatic carbocycles. The molecule has 1 aliphatic heterocycles. The highest BCUT2D eigenvalue weighted by Crippen LogP contribution is 2.18. The number of nitrogens with zero attached hydrogens (tertiary/aromatic N) is 1. The highest BCUT2D eigenvalue weighted by atomic mass is 16.5. The second-order valence-corrected chi connectivity index (χ2v) is 7.03. The maximum atomic E-state index is 12.3. The van der Waals surface area contributed by atoms with Crippen LogP contribution in [0.3, 0.4) is 0 Å². The zero-order valence-corrected chi connectivity index (χ0v) is 14.2. The van der Waals surface area contributed by atoms with Crippen LogP contribution in [0.25, 0.3) is 0 Å². The zero-order valence-electron chi connectivity index (χ0n) is 14.2. The smallest absolute Gasteiger partial charge is 0.237 e. The van der Waals surface area contributed by atoms with Crippen molar-refractivity contribution in [3.8, 4) is 0 Å². The van der Waals surface area contributed by atoms with Crippen molar-refractivity contribution in [2.45, 2.75) is 57.9 Å². The van der Waals surface area contributed by atoms with Gasteiger partial charge in [0.25, 0.3) is 0 Å². The van der Waals surface area contributed by atoms with E-state index >= 15 is 0 Å². The maximum Gasteiger partial charge on any atom is 0.237 e. The number of hydrogen-bond donors (Lipinski definition) is 2. The van der Waals surface area contributed by atoms with E-state index < -0.39 is 6.10 Å². The minimum Gasteiger partial charge on any atom is -0.467 e. The van der Waals surface area contributed by atoms with E-state index in [2.05, 4.69) is 5.32 Å². The van der Waals surface area contributed by atoms with Crippen LogP contribution in [0.2, 0.25) is 0 Å². The van der Waals surface area contributed by atoms with Crippen LogP contribution < -0.4 is 5.32 Å². The molecule has 1 aromatic heterocycles. The van der Waals surface area contributed by atoms with Gasteiger partial charge in [-0.05, 0) is 52.3 Å². The molecule has 6 nitrogen and oxygen atoms in total. The molecule has 6 heteroatoms. The lowest BCUT2D eigenvalue weighted by molar-refractivity contribution is -0.126. The standard InChI is InChI=1S/C17H28N2O4/c1-17(2,3)23-12-13(20)11-19-8-4-7-15(19)16(21)18-10-14-6-5-9-22-14/h5-6,9,13,15,20H,4,7-8,10-12H2,1-3H3,(H,18,21). The highest BCUT2D eigenvalue weighted by Gasteiger charge is 2.32. The summed E-state index contributed by atoms with van der Waals surface area (Å²) in [7, 11) is 0. The monoisotopic (exact) mass is 324 g/mol. The second-order valence-electron chi connectivity index (χ2n) is 7.03. The Balaban J connectivity index is 1.78. The minimum atomic E-state index is -0.590. The van der Waals surface area contributed by atoms with Crippen molar-refractivity contribution in [1.29, 1.82) is 0 Å². The summed E-state index contributed by atoms with van der Waals surface area (Å²) in [6, 6.07) is 3.45. The van der Waals surface area contributed by atoms with E-state index in [-0.39, 0.29) is 24.2 Å². The lowest BCUT2D eigenvalue weighted by Gasteiger charge is -2.27. The number of hydrogen-bond acceptors (Lipinski definition) is 5. The number of ether oxygens (including phenoxy) is 1. The molecule has 130 valence electrons. The lowest BCUT2D eigenvalue weighted by Crippen LogP contribution is -2.46. The van der Waals surface area contributed by atoms with Gasteiger partial charge in [-0.1, -0.05) is 0 Å². The van der Waals surface area contributed by atoms with E-state index in [1.807, 2.05) is 31.7 Å². The number of aliphatic hydroxyl groups is 1. The van der Waals surface area contributed by atoms with Crippen LogP contribution in [0.4, 0.5) is 0 Å². The molecule has 2 heterocycles. The van der Waals surface area contributed by atoms with Gasteiger partial charge in [-0.2, -0.15) is 0 Å². The first-order chi connectivity index (χ1) is 10.8. The number of furan rings is 1. The Morgan fingerprint density at radius 3 is 3.00 bits per heavy atom. The van der Waals surface area contributed by atoms with E-state index in [0.29, 0.717) is 13.1 Å². The van der Waals surface area contributed by atoms with Crippen molar-refractivity contribution in [2.75, 3.05) is 19.7 Å². The molecule has 0 bridgehead atoms. The molecule has 0 spiro atoms. The molecule has 1 saturated heterocycles. The van der Waals surface area contributed by atoms with E-state index in [1.165, 1.54) is 0 Å². The molecule has 1 fully saturated rings. The average Bonchev–Trinajstić information content (AvgIpc) is 3.13. The Morgan fingerprint density at radius 1 is 1.57 bits per heavy atom. The van der Waals surface area contributed by atoms with Gasteiger partial charge in [0.15, 0.2) is 0 Å². The van der Waals surface area contributed by atoms with Gasteiger partial charge in [0.05, 0.1) is 37.2 Å². The van der Waals surface area contributed by atoms with Crippen molar-refractivity contribution in [3.63, 3.8) is 0 Å². The number of amides is 1. The summed E-state index contributed by atoms with van der Waals surface area (Å²) in [6.45, 7) is 7.83. The first kappa shape index (κ1) is 18.0. The molecular weight excluding hydrogens is 296 g/mol. The number of carbonyl (C=O) groups is 1. The van der Waals surface area contributed by atoms with Crippen LogP contribution in [0.1, 0.15) is 39.4 Å². The topological polar surface area (TPSA) is 74.9 Å². The number of rotatable bonds is 7. The van der Waals surface area contributed by atoms with Gasteiger partial charge in [-0.15, -0.1) is 0 Å². The Bertz CT molecular complexity index is 481. The minimum absolute atomic E-state index is 0.0113. The summed E-state index contributed by atoms with van der Waals surface area (Å²) in [6.07, 6.45) is 2.78. The maximum absolute atomic E-state index is 12.3. The van der Waals surface area contributed by atoms with Crippen LogP contribution in [0, 0.1) is 0 Å². The summed E-state index contributed by atoms with van der Waals surface area (Å²) in [5.74, 6) is 0.726. The van der Waals surface area contributed by atoms with Gasteiger partial charge in [-0.25, -0.2) is 0 Å². The predicted molar refractivity (Wildman–Crippen MR) is 86.9 cm³/mol. The fraction of sp³-hybridized carbons (Fsp3) is 0.706. The molecule has 2 N–H and O–H groups in total. The summed E-state index contributed by atoms with van der Waals surface area (Å²) < 4.78 is 10.8. The number of likely N-dealkylation sites (tertiary alicyclic amines) is 1. The number of carbonyl (C=O) groups excluding carboxylic acids is 1. The Hall–Kier alpha value is -1.37. The van der Waals surface area contributed by atoms with Gasteiger partial charge in [0.2, 0.25) is 5.91 Å². The lowest BCUT2D eigenvalue weighted by atomic mass is 10.2. The van der Waals surface area contributed by atoms with Crippen LogP contribution in [0.5, 0.6) is 0 Å². The van der Waals surface area contributed by atoms with Gasteiger partial charge < -0.3 is 19.6 Å². The van der Waals surface area contributed by atoms with Crippen molar-refractivity contribution in [1.82, 2.24) is 10.2 Å². The number of aliphatic hydroxyl groups excluding tert-OH is 1. The number of β-amino-alcohol motifs (C(OH)–C–C–N with tert-alkyl or cyclic N) is 1. The Morgan fingerprint density at radius 2 is 2.35 bits per heavy atom. The molecule has 2 atom stereocenters. The fourth-order valence-electron chi connectivity index (χ4n) is 2.72. The van der Waals surface area contributed by atoms with Gasteiger partial charge >= 0.3 is 0 Å². The van der Waals surface area contributed by atoms with Gasteiger partial charge in [-0.3, -0.25) is 9.69 Å². The molecule has 1 aromatic rings.